The van der Waals surface area contributed by atoms with Crippen molar-refractivity contribution in [2.24, 2.45) is 17.4 Å². The van der Waals surface area contributed by atoms with Gasteiger partial charge < -0.3 is 46.3 Å². The van der Waals surface area contributed by atoms with Crippen molar-refractivity contribution in [2.75, 3.05) is 42.9 Å². The molecule has 2 aromatic carbocycles. The Bertz CT molecular complexity index is 1680. The maximum Gasteiger partial charge on any atom is 0.410 e. The number of carbonyl (C=O) groups excluding carboxylic acids is 2. The summed E-state index contributed by atoms with van der Waals surface area (Å²) in [4.78, 5) is 52.4. The normalized spacial score (nSPS) is 14.3. The van der Waals surface area contributed by atoms with Gasteiger partial charge in [-0.1, -0.05) is 26.0 Å². The molecule has 1 aromatic heterocycles. The summed E-state index contributed by atoms with van der Waals surface area (Å²) < 4.78 is 22.3. The lowest BCUT2D eigenvalue weighted by atomic mass is 10.0. The van der Waals surface area contributed by atoms with E-state index >= 15 is 4.39 Å². The number of carboxylic acid groups (broad SMARTS) is 1. The second-order valence-corrected chi connectivity index (χ2v) is 11.4. The molecule has 0 unspecified atom stereocenters. The Hall–Kier alpha value is -5.11. The number of nitrogens with two attached hydrogens (primary N) is 2. The molecule has 1 fully saturated rings. The molecule has 1 atom stereocenters. The van der Waals surface area contributed by atoms with E-state index < -0.39 is 28.9 Å². The van der Waals surface area contributed by atoms with Crippen LogP contribution in [0.4, 0.5) is 20.6 Å². The third kappa shape index (κ3) is 7.93. The summed E-state index contributed by atoms with van der Waals surface area (Å²) in [6.07, 6.45) is 2.30. The molecule has 7 N–H and O–H groups in total. The highest BCUT2D eigenvalue weighted by atomic mass is 19.1. The van der Waals surface area contributed by atoms with E-state index in [9.17, 15) is 24.3 Å². The highest BCUT2D eigenvalue weighted by Crippen LogP contribution is 2.26. The second kappa shape index (κ2) is 14.8. The van der Waals surface area contributed by atoms with Gasteiger partial charge in [0.15, 0.2) is 0 Å². The van der Waals surface area contributed by atoms with Crippen LogP contribution in [-0.2, 0) is 22.7 Å². The van der Waals surface area contributed by atoms with Gasteiger partial charge in [-0.15, -0.1) is 0 Å². The van der Waals surface area contributed by atoms with Crippen molar-refractivity contribution in [3.63, 3.8) is 0 Å². The fourth-order valence-corrected chi connectivity index (χ4v) is 5.05. The number of aromatic carboxylic acids is 1. The average molecular weight is 638 g/mol. The molecule has 2 heterocycles. The van der Waals surface area contributed by atoms with Crippen molar-refractivity contribution < 1.29 is 28.6 Å². The van der Waals surface area contributed by atoms with E-state index in [0.717, 1.165) is 11.6 Å². The minimum atomic E-state index is -1.37. The number of amides is 2. The Kier molecular flexibility index (Phi) is 10.9. The van der Waals surface area contributed by atoms with Gasteiger partial charge >= 0.3 is 12.1 Å². The molecular weight excluding hydrogens is 597 g/mol. The van der Waals surface area contributed by atoms with Crippen molar-refractivity contribution in [1.82, 2.24) is 14.8 Å². The molecule has 2 amide bonds. The number of rotatable bonds is 11. The smallest absolute Gasteiger partial charge is 0.410 e. The lowest BCUT2D eigenvalue weighted by Gasteiger charge is -2.35. The molecule has 0 radical (unpaired) electrons. The van der Waals surface area contributed by atoms with Gasteiger partial charge in [0.05, 0.1) is 17.7 Å². The number of hydrogen-bond donors (Lipinski definition) is 5. The highest BCUT2D eigenvalue weighted by Gasteiger charge is 2.25. The van der Waals surface area contributed by atoms with Crippen LogP contribution in [0.15, 0.2) is 59.3 Å². The zero-order valence-electron chi connectivity index (χ0n) is 26.1. The number of aryl methyl sites for hydroxylation is 1. The number of hydrogen-bond acceptors (Lipinski definition) is 9. The maximum absolute atomic E-state index is 15.2. The number of nitrogens with one attached hydrogen (secondary N) is 2. The van der Waals surface area contributed by atoms with Crippen LogP contribution in [0.2, 0.25) is 0 Å². The Labute approximate surface area is 265 Å². The minimum absolute atomic E-state index is 0.00111. The first-order valence-corrected chi connectivity index (χ1v) is 15.0. The third-order valence-corrected chi connectivity index (χ3v) is 7.83. The third-order valence-electron chi connectivity index (χ3n) is 7.83. The number of benzene rings is 2. The summed E-state index contributed by atoms with van der Waals surface area (Å²) in [5, 5.41) is 15.0. The Morgan fingerprint density at radius 1 is 1.11 bits per heavy atom. The number of aromatic nitrogens is 1. The Balaban J connectivity index is 1.28. The van der Waals surface area contributed by atoms with E-state index in [1.54, 1.807) is 46.7 Å². The highest BCUT2D eigenvalue weighted by molar-refractivity contribution is 5.94. The molecule has 246 valence electrons. The van der Waals surface area contributed by atoms with E-state index in [0.29, 0.717) is 36.5 Å². The molecular formula is C32H40FN7O6. The van der Waals surface area contributed by atoms with Crippen molar-refractivity contribution in [1.29, 1.82) is 0 Å². The molecule has 0 bridgehead atoms. The number of carbonyl (C=O) groups is 3. The van der Waals surface area contributed by atoms with Crippen LogP contribution in [0.25, 0.3) is 10.9 Å². The maximum atomic E-state index is 15.2. The first-order chi connectivity index (χ1) is 21.9. The van der Waals surface area contributed by atoms with Gasteiger partial charge in [-0.25, -0.2) is 14.0 Å². The fraction of sp³-hybridized carbons (Fsp3) is 0.375. The number of pyridine rings is 1. The zero-order chi connectivity index (χ0) is 33.5. The van der Waals surface area contributed by atoms with Crippen LogP contribution in [0, 0.1) is 11.7 Å². The summed E-state index contributed by atoms with van der Waals surface area (Å²) in [5.41, 5.74) is 13.2. The van der Waals surface area contributed by atoms with Crippen LogP contribution >= 0.6 is 0 Å². The molecule has 1 saturated heterocycles. The summed E-state index contributed by atoms with van der Waals surface area (Å²) in [5.74, 6) is -2.11. The molecule has 13 nitrogen and oxygen atoms in total. The number of halogens is 1. The number of ether oxygens (including phenoxy) is 1. The van der Waals surface area contributed by atoms with E-state index in [2.05, 4.69) is 10.6 Å². The van der Waals surface area contributed by atoms with E-state index in [1.165, 1.54) is 17.3 Å². The quantitative estimate of drug-likeness (QED) is 0.209. The van der Waals surface area contributed by atoms with Gasteiger partial charge in [0.2, 0.25) is 11.3 Å². The fourth-order valence-electron chi connectivity index (χ4n) is 5.05. The number of anilines is 2. The van der Waals surface area contributed by atoms with Gasteiger partial charge in [-0.2, -0.15) is 0 Å². The second-order valence-electron chi connectivity index (χ2n) is 11.4. The van der Waals surface area contributed by atoms with Gasteiger partial charge in [0.25, 0.3) is 0 Å². The van der Waals surface area contributed by atoms with Crippen molar-refractivity contribution in [3.05, 3.63) is 81.7 Å². The number of fused-ring (bicyclic) bond motifs is 1. The van der Waals surface area contributed by atoms with Crippen LogP contribution in [0.3, 0.4) is 0 Å². The predicted molar refractivity (Wildman–Crippen MR) is 173 cm³/mol. The number of piperazine rings is 1. The number of carboxylic acids is 1. The van der Waals surface area contributed by atoms with Crippen molar-refractivity contribution in [3.8, 4) is 0 Å². The summed E-state index contributed by atoms with van der Waals surface area (Å²) in [7, 11) is 0. The number of nitrogens with zero attached hydrogens (tertiary/aromatic N) is 3. The van der Waals surface area contributed by atoms with Crippen molar-refractivity contribution >= 4 is 40.2 Å². The standard InChI is InChI=1S/C32H40FN7O6/c1-4-38-17-23(31(43)44)30(42)22-13-24(33)27(14-26(22)38)39-9-11-40(12-10-39)32(45)46-18-20-5-7-21(8-6-20)37-28(41)16-36-15-25(34)29(35)19(2)3/h5-8,13-15,17,19,29,36H,4,9-12,16,18,34-35H2,1-3H3,(H,37,41)(H,43,44)/b25-15-/t29-/m0/s1. The predicted octanol–water partition coefficient (Wildman–Crippen LogP) is 2.63. The lowest BCUT2D eigenvalue weighted by Crippen LogP contribution is -2.49. The van der Waals surface area contributed by atoms with Crippen LogP contribution in [-0.4, -0.2) is 71.3 Å². The summed E-state index contributed by atoms with van der Waals surface area (Å²) in [6, 6.07) is 9.22. The average Bonchev–Trinajstić information content (AvgIpc) is 3.03. The molecule has 1 aliphatic rings. The minimum Gasteiger partial charge on any atom is -0.477 e. The van der Waals surface area contributed by atoms with E-state index in [1.807, 2.05) is 13.8 Å². The van der Waals surface area contributed by atoms with E-state index in [4.69, 9.17) is 16.2 Å². The van der Waals surface area contributed by atoms with Crippen LogP contribution in [0.1, 0.15) is 36.7 Å². The molecule has 4 rings (SSSR count). The molecule has 0 saturated carbocycles. The first kappa shape index (κ1) is 33.8. The Morgan fingerprint density at radius 3 is 2.39 bits per heavy atom. The van der Waals surface area contributed by atoms with Gasteiger partial charge in [0, 0.05) is 67.9 Å². The topological polar surface area (TPSA) is 185 Å². The van der Waals surface area contributed by atoms with Crippen molar-refractivity contribution in [2.45, 2.75) is 40.0 Å². The molecule has 14 heteroatoms. The molecule has 0 spiro atoms. The summed E-state index contributed by atoms with van der Waals surface area (Å²) >= 11 is 0. The largest absolute Gasteiger partial charge is 0.477 e. The zero-order valence-corrected chi connectivity index (χ0v) is 26.1. The van der Waals surface area contributed by atoms with Gasteiger partial charge in [-0.05, 0) is 42.7 Å². The molecule has 1 aliphatic heterocycles. The van der Waals surface area contributed by atoms with Gasteiger partial charge in [0.1, 0.15) is 18.0 Å². The molecule has 0 aliphatic carbocycles. The van der Waals surface area contributed by atoms with Gasteiger partial charge in [-0.3, -0.25) is 9.59 Å². The first-order valence-electron chi connectivity index (χ1n) is 15.0. The lowest BCUT2D eigenvalue weighted by molar-refractivity contribution is -0.115. The molecule has 3 aromatic rings. The monoisotopic (exact) mass is 637 g/mol. The summed E-state index contributed by atoms with van der Waals surface area (Å²) in [6.45, 7) is 7.38. The SMILES string of the molecule is CCn1cc(C(=O)O)c(=O)c2cc(F)c(N3CCN(C(=O)OCc4ccc(NC(=O)CN/C=C(\N)[C@@H](N)C(C)C)cc4)CC3)cc21. The molecule has 46 heavy (non-hydrogen) atoms. The Morgan fingerprint density at radius 2 is 1.78 bits per heavy atom. The van der Waals surface area contributed by atoms with Crippen LogP contribution in [0.5, 0.6) is 0 Å². The van der Waals surface area contributed by atoms with E-state index in [-0.39, 0.29) is 55.2 Å². The van der Waals surface area contributed by atoms with Crippen LogP contribution < -0.4 is 32.4 Å².